The van der Waals surface area contributed by atoms with Crippen LogP contribution in [0.15, 0.2) is 30.5 Å². The first-order chi connectivity index (χ1) is 7.58. The van der Waals surface area contributed by atoms with E-state index in [-0.39, 0.29) is 5.56 Å². The van der Waals surface area contributed by atoms with Gasteiger partial charge in [-0.2, -0.15) is 0 Å². The van der Waals surface area contributed by atoms with Crippen molar-refractivity contribution < 1.29 is 8.78 Å². The van der Waals surface area contributed by atoms with E-state index in [0.29, 0.717) is 0 Å². The van der Waals surface area contributed by atoms with Crippen LogP contribution in [0.25, 0.3) is 10.9 Å². The largest absolute Gasteiger partial charge is 0.347 e. The smallest absolute Gasteiger partial charge is 0.263 e. The van der Waals surface area contributed by atoms with E-state index in [4.69, 9.17) is 0 Å². The van der Waals surface area contributed by atoms with Crippen molar-refractivity contribution >= 4 is 10.9 Å². The highest BCUT2D eigenvalue weighted by Gasteiger charge is 2.09. The lowest BCUT2D eigenvalue weighted by Gasteiger charge is -2.08. The van der Waals surface area contributed by atoms with Crippen LogP contribution in [0.2, 0.25) is 0 Å². The summed E-state index contributed by atoms with van der Waals surface area (Å²) in [6, 6.07) is 6.76. The monoisotopic (exact) mass is 222 g/mol. The normalized spacial score (nSPS) is 11.9. The molecule has 0 saturated heterocycles. The van der Waals surface area contributed by atoms with Crippen molar-refractivity contribution in [2.75, 3.05) is 0 Å². The van der Waals surface area contributed by atoms with E-state index in [1.807, 2.05) is 30.7 Å². The predicted octanol–water partition coefficient (Wildman–Crippen LogP) is 4.19. The van der Waals surface area contributed by atoms with E-state index in [1.54, 1.807) is 12.1 Å². The van der Waals surface area contributed by atoms with Crippen LogP contribution in [0.1, 0.15) is 25.8 Å². The molecule has 0 amide bonds. The van der Waals surface area contributed by atoms with E-state index in [2.05, 4.69) is 0 Å². The third-order valence-electron chi connectivity index (χ3n) is 2.54. The lowest BCUT2D eigenvalue weighted by atomic mass is 10.1. The molecule has 0 spiro atoms. The number of hydrogen-bond acceptors (Lipinski definition) is 0. The summed E-state index contributed by atoms with van der Waals surface area (Å²) in [4.78, 5) is 0. The zero-order valence-corrected chi connectivity index (χ0v) is 9.37. The molecule has 0 bridgehead atoms. The van der Waals surface area contributed by atoms with Gasteiger partial charge in [0.1, 0.15) is 0 Å². The Morgan fingerprint density at radius 1 is 1.25 bits per heavy atom. The summed E-state index contributed by atoms with van der Waals surface area (Å²) < 4.78 is 27.2. The minimum atomic E-state index is -2.40. The molecule has 2 aromatic rings. The van der Waals surface area contributed by atoms with Crippen molar-refractivity contribution in [3.05, 3.63) is 41.9 Å². The number of alkyl halides is 2. The Morgan fingerprint density at radius 2 is 2.00 bits per heavy atom. The van der Waals surface area contributed by atoms with Crippen LogP contribution in [0.3, 0.4) is 0 Å². The average Bonchev–Trinajstić information content (AvgIpc) is 2.60. The van der Waals surface area contributed by atoms with Crippen molar-refractivity contribution in [1.82, 2.24) is 4.57 Å². The van der Waals surface area contributed by atoms with Crippen LogP contribution in [-0.4, -0.2) is 4.57 Å². The van der Waals surface area contributed by atoms with Crippen molar-refractivity contribution in [2.45, 2.75) is 26.8 Å². The Kier molecular flexibility index (Phi) is 2.95. The summed E-state index contributed by atoms with van der Waals surface area (Å²) >= 11 is 0. The van der Waals surface area contributed by atoms with Gasteiger partial charge in [0.05, 0.1) is 0 Å². The molecule has 0 aliphatic heterocycles. The summed E-state index contributed by atoms with van der Waals surface area (Å²) in [7, 11) is 0. The number of fused-ring (bicyclic) bond motifs is 1. The summed E-state index contributed by atoms with van der Waals surface area (Å²) in [5, 5.41) is 1.01. The van der Waals surface area contributed by atoms with Gasteiger partial charge in [-0.1, -0.05) is 26.0 Å². The maximum absolute atomic E-state index is 12.6. The first-order valence-corrected chi connectivity index (χ1v) is 5.24. The molecule has 0 N–H and O–H groups in total. The highest BCUT2D eigenvalue weighted by molar-refractivity contribution is 5.81. The number of benzene rings is 1. The van der Waals surface area contributed by atoms with Gasteiger partial charge < -0.3 is 4.57 Å². The van der Waals surface area contributed by atoms with Crippen molar-refractivity contribution in [2.24, 2.45) is 0 Å². The minimum absolute atomic E-state index is 0.0845. The third kappa shape index (κ3) is 2.08. The molecule has 0 atom stereocenters. The zero-order valence-electron chi connectivity index (χ0n) is 9.37. The second kappa shape index (κ2) is 4.24. The maximum Gasteiger partial charge on any atom is 0.263 e. The van der Waals surface area contributed by atoms with Gasteiger partial charge in [-0.3, -0.25) is 0 Å². The molecule has 85 valence electrons. The van der Waals surface area contributed by atoms with Gasteiger partial charge in [0, 0.05) is 23.8 Å². The molecule has 3 heteroatoms. The van der Waals surface area contributed by atoms with Crippen LogP contribution in [0.4, 0.5) is 8.78 Å². The molecule has 0 aliphatic rings. The van der Waals surface area contributed by atoms with Crippen LogP contribution in [-0.2, 0) is 6.54 Å². The van der Waals surface area contributed by atoms with Crippen molar-refractivity contribution in [1.29, 1.82) is 0 Å². The molecule has 1 heterocycles. The lowest BCUT2D eigenvalue weighted by Crippen LogP contribution is -2.01. The second-order valence-electron chi connectivity index (χ2n) is 4.27. The van der Waals surface area contributed by atoms with Gasteiger partial charge in [-0.05, 0) is 23.4 Å². The van der Waals surface area contributed by atoms with E-state index < -0.39 is 6.43 Å². The molecular formula is C13H14F2N. The zero-order chi connectivity index (χ0) is 11.7. The standard InChI is InChI=1S/C13H14F2N/c1-9(2)8-16-6-5-10-3-4-11(13(14)15)7-12(10)16/h3-7,13H,8H2,1-2H3. The summed E-state index contributed by atoms with van der Waals surface area (Å²) in [5.41, 5.74) is 0.959. The molecule has 0 aliphatic carbocycles. The maximum atomic E-state index is 12.6. The molecule has 0 unspecified atom stereocenters. The van der Waals surface area contributed by atoms with Gasteiger partial charge in [-0.25, -0.2) is 8.78 Å². The fourth-order valence-electron chi connectivity index (χ4n) is 1.82. The van der Waals surface area contributed by atoms with Crippen LogP contribution in [0.5, 0.6) is 0 Å². The number of halogens is 2. The predicted molar refractivity (Wildman–Crippen MR) is 61.5 cm³/mol. The summed E-state index contributed by atoms with van der Waals surface area (Å²) in [5.74, 6) is 1.25. The molecule has 1 aromatic carbocycles. The Balaban J connectivity index is 2.47. The molecule has 1 radical (unpaired) electrons. The number of hydrogen-bond donors (Lipinski definition) is 0. The van der Waals surface area contributed by atoms with Gasteiger partial charge in [0.25, 0.3) is 6.43 Å². The Labute approximate surface area is 93.7 Å². The third-order valence-corrected chi connectivity index (χ3v) is 2.54. The average molecular weight is 222 g/mol. The van der Waals surface area contributed by atoms with Crippen molar-refractivity contribution in [3.8, 4) is 0 Å². The molecular weight excluding hydrogens is 208 g/mol. The Bertz CT molecular complexity index is 486. The molecule has 2 rings (SSSR count). The first kappa shape index (κ1) is 11.1. The highest BCUT2D eigenvalue weighted by Crippen LogP contribution is 2.25. The fraction of sp³-hybridized carbons (Fsp3) is 0.308. The minimum Gasteiger partial charge on any atom is -0.347 e. The van der Waals surface area contributed by atoms with Crippen LogP contribution >= 0.6 is 0 Å². The van der Waals surface area contributed by atoms with E-state index in [9.17, 15) is 8.78 Å². The topological polar surface area (TPSA) is 4.93 Å². The molecule has 0 saturated carbocycles. The number of nitrogens with zero attached hydrogens (tertiary/aromatic N) is 1. The van der Waals surface area contributed by atoms with E-state index >= 15 is 0 Å². The quantitative estimate of drug-likeness (QED) is 0.733. The van der Waals surface area contributed by atoms with Gasteiger partial charge in [0.2, 0.25) is 0 Å². The molecule has 0 fully saturated rings. The van der Waals surface area contributed by atoms with Crippen molar-refractivity contribution in [3.63, 3.8) is 0 Å². The SMILES string of the molecule is C[C](C)Cn1ccc2ccc(C(F)F)cc21. The van der Waals surface area contributed by atoms with E-state index in [0.717, 1.165) is 17.4 Å². The first-order valence-electron chi connectivity index (χ1n) is 5.24. The number of aromatic nitrogens is 1. The van der Waals surface area contributed by atoms with Gasteiger partial charge >= 0.3 is 0 Å². The molecule has 1 nitrogen and oxygen atoms in total. The Morgan fingerprint density at radius 3 is 2.62 bits per heavy atom. The highest BCUT2D eigenvalue weighted by atomic mass is 19.3. The summed E-state index contributed by atoms with van der Waals surface area (Å²) in [6.07, 6.45) is -0.466. The van der Waals surface area contributed by atoms with Gasteiger partial charge in [0.15, 0.2) is 0 Å². The lowest BCUT2D eigenvalue weighted by molar-refractivity contribution is 0.151. The molecule has 1 aromatic heterocycles. The van der Waals surface area contributed by atoms with Crippen LogP contribution < -0.4 is 0 Å². The second-order valence-corrected chi connectivity index (χ2v) is 4.27. The summed E-state index contributed by atoms with van der Waals surface area (Å²) in [6.45, 7) is 4.84. The van der Waals surface area contributed by atoms with Gasteiger partial charge in [-0.15, -0.1) is 0 Å². The van der Waals surface area contributed by atoms with E-state index in [1.165, 1.54) is 12.0 Å². The molecule has 16 heavy (non-hydrogen) atoms. The Hall–Kier alpha value is -1.38. The number of rotatable bonds is 3. The fourth-order valence-corrected chi connectivity index (χ4v) is 1.82. The van der Waals surface area contributed by atoms with Crippen LogP contribution in [0, 0.1) is 5.92 Å².